The minimum Gasteiger partial charge on any atom is -0.318 e. The number of fused-ring (bicyclic) bond motifs is 1. The average molecular weight is 611 g/mol. The topological polar surface area (TPSA) is 119 Å². The van der Waals surface area contributed by atoms with Crippen molar-refractivity contribution < 1.29 is 22.8 Å². The van der Waals surface area contributed by atoms with Crippen LogP contribution in [0.15, 0.2) is 30.7 Å². The number of halogens is 4. The van der Waals surface area contributed by atoms with Crippen molar-refractivity contribution in [1.82, 2.24) is 29.9 Å². The first-order valence-electron chi connectivity index (χ1n) is 13.6. The van der Waals surface area contributed by atoms with Gasteiger partial charge < -0.3 is 5.32 Å². The van der Waals surface area contributed by atoms with Crippen molar-refractivity contribution in [1.29, 1.82) is 0 Å². The van der Waals surface area contributed by atoms with E-state index in [9.17, 15) is 22.8 Å². The Morgan fingerprint density at radius 3 is 2.60 bits per heavy atom. The SMILES string of the molecule is Cc1ncc(-c2c(C(F)F)ccc(Cl)c2F)nc1C(=O)Nc1cnn(Cc2nnc(N3C[C@H]4CC[C@H]4C3=O)c(C)c2C)c1. The maximum Gasteiger partial charge on any atom is 0.276 e. The third-order valence-corrected chi connectivity index (χ3v) is 8.55. The van der Waals surface area contributed by atoms with Crippen LogP contribution >= 0.6 is 11.6 Å². The lowest BCUT2D eigenvalue weighted by atomic mass is 9.76. The molecule has 1 aliphatic heterocycles. The summed E-state index contributed by atoms with van der Waals surface area (Å²) in [6, 6.07) is 2.05. The van der Waals surface area contributed by atoms with E-state index in [-0.39, 0.29) is 40.5 Å². The number of carbonyl (C=O) groups is 2. The van der Waals surface area contributed by atoms with Crippen molar-refractivity contribution in [3.63, 3.8) is 0 Å². The Morgan fingerprint density at radius 1 is 1.14 bits per heavy atom. The number of carbonyl (C=O) groups excluding carboxylic acids is 2. The predicted molar refractivity (Wildman–Crippen MR) is 151 cm³/mol. The number of hydrogen-bond acceptors (Lipinski definition) is 7. The second-order valence-electron chi connectivity index (χ2n) is 10.8. The molecule has 2 aliphatic rings. The van der Waals surface area contributed by atoms with Gasteiger partial charge >= 0.3 is 0 Å². The first kappa shape index (κ1) is 28.7. The number of amides is 2. The Labute approximate surface area is 249 Å². The summed E-state index contributed by atoms with van der Waals surface area (Å²) < 4.78 is 43.6. The lowest BCUT2D eigenvalue weighted by molar-refractivity contribution is -0.123. The van der Waals surface area contributed by atoms with E-state index in [4.69, 9.17) is 11.6 Å². The van der Waals surface area contributed by atoms with Gasteiger partial charge in [0.25, 0.3) is 12.3 Å². The normalized spacial score (nSPS) is 17.8. The van der Waals surface area contributed by atoms with E-state index in [1.54, 1.807) is 15.8 Å². The van der Waals surface area contributed by atoms with E-state index in [1.807, 2.05) is 13.8 Å². The average Bonchev–Trinajstić information content (AvgIpc) is 3.48. The van der Waals surface area contributed by atoms with Gasteiger partial charge in [-0.2, -0.15) is 10.2 Å². The molecular weight excluding hydrogens is 585 g/mol. The molecule has 0 radical (unpaired) electrons. The molecule has 0 unspecified atom stereocenters. The minimum atomic E-state index is -3.00. The van der Waals surface area contributed by atoms with Crippen LogP contribution in [-0.2, 0) is 11.3 Å². The molecule has 1 N–H and O–H groups in total. The van der Waals surface area contributed by atoms with E-state index >= 15 is 0 Å². The number of benzene rings is 1. The molecule has 10 nitrogen and oxygen atoms in total. The third-order valence-electron chi connectivity index (χ3n) is 8.26. The lowest BCUT2D eigenvalue weighted by Crippen LogP contribution is -2.30. The highest BCUT2D eigenvalue weighted by Gasteiger charge is 2.47. The van der Waals surface area contributed by atoms with E-state index < -0.39 is 29.3 Å². The molecule has 0 spiro atoms. The molecular formula is C29H26ClF3N8O2. The van der Waals surface area contributed by atoms with Crippen LogP contribution in [0.2, 0.25) is 5.02 Å². The number of rotatable bonds is 7. The number of alkyl halides is 2. The summed E-state index contributed by atoms with van der Waals surface area (Å²) in [5, 5.41) is 15.4. The van der Waals surface area contributed by atoms with Crippen molar-refractivity contribution in [2.45, 2.75) is 46.6 Å². The molecule has 2 amide bonds. The standard InChI is InChI=1S/C29H26ClF3N8O2/c1-13-14(2)27(41-10-16-4-5-18(16)29(41)43)39-38-22(13)12-40-11-17(8-35-40)36-28(42)25-15(3)34-9-21(37-25)23-19(26(32)33)6-7-20(30)24(23)31/h6-9,11,16,18,26H,4-5,10,12H2,1-3H3,(H,36,42)/t16-,18-/m1/s1. The van der Waals surface area contributed by atoms with Crippen LogP contribution in [0.25, 0.3) is 11.3 Å². The Bertz CT molecular complexity index is 1780. The highest BCUT2D eigenvalue weighted by atomic mass is 35.5. The molecule has 6 rings (SSSR count). The van der Waals surface area contributed by atoms with Crippen molar-refractivity contribution in [3.05, 3.63) is 75.3 Å². The smallest absolute Gasteiger partial charge is 0.276 e. The highest BCUT2D eigenvalue weighted by molar-refractivity contribution is 6.31. The molecule has 1 aliphatic carbocycles. The summed E-state index contributed by atoms with van der Waals surface area (Å²) in [5.74, 6) is -0.558. The van der Waals surface area contributed by atoms with Crippen molar-refractivity contribution >= 4 is 34.9 Å². The molecule has 2 atom stereocenters. The summed E-state index contributed by atoms with van der Waals surface area (Å²) in [6.45, 7) is 6.29. The van der Waals surface area contributed by atoms with Gasteiger partial charge in [-0.3, -0.25) is 24.2 Å². The molecule has 2 fully saturated rings. The summed E-state index contributed by atoms with van der Waals surface area (Å²) in [7, 11) is 0. The first-order chi connectivity index (χ1) is 20.5. The summed E-state index contributed by atoms with van der Waals surface area (Å²) >= 11 is 5.84. The van der Waals surface area contributed by atoms with Gasteiger partial charge in [0.05, 0.1) is 46.7 Å². The monoisotopic (exact) mass is 610 g/mol. The number of nitrogens with zero attached hydrogens (tertiary/aromatic N) is 7. The summed E-state index contributed by atoms with van der Waals surface area (Å²) in [4.78, 5) is 35.8. The molecule has 222 valence electrons. The summed E-state index contributed by atoms with van der Waals surface area (Å²) in [5.41, 5.74) is 1.39. The fourth-order valence-corrected chi connectivity index (χ4v) is 5.69. The van der Waals surface area contributed by atoms with E-state index in [1.165, 1.54) is 13.1 Å². The summed E-state index contributed by atoms with van der Waals surface area (Å²) in [6.07, 6.45) is 3.12. The first-order valence-corrected chi connectivity index (χ1v) is 14.0. The molecule has 0 bridgehead atoms. The second kappa shape index (κ2) is 11.0. The van der Waals surface area contributed by atoms with E-state index in [0.717, 1.165) is 42.3 Å². The molecule has 1 saturated heterocycles. The highest BCUT2D eigenvalue weighted by Crippen LogP contribution is 2.43. The molecule has 43 heavy (non-hydrogen) atoms. The fourth-order valence-electron chi connectivity index (χ4n) is 5.53. The lowest BCUT2D eigenvalue weighted by Gasteiger charge is -2.25. The Morgan fingerprint density at radius 2 is 1.93 bits per heavy atom. The molecule has 3 aromatic heterocycles. The van der Waals surface area contributed by atoms with Gasteiger partial charge in [0, 0.05) is 29.8 Å². The maximum atomic E-state index is 14.8. The zero-order chi connectivity index (χ0) is 30.6. The Kier molecular flexibility index (Phi) is 7.36. The quantitative estimate of drug-likeness (QED) is 0.295. The predicted octanol–water partition coefficient (Wildman–Crippen LogP) is 5.46. The van der Waals surface area contributed by atoms with Crippen LogP contribution in [0.4, 0.5) is 24.7 Å². The van der Waals surface area contributed by atoms with Gasteiger partial charge in [0.2, 0.25) is 5.91 Å². The number of hydrogen-bond donors (Lipinski definition) is 1. The van der Waals surface area contributed by atoms with Crippen LogP contribution in [0.3, 0.4) is 0 Å². The number of anilines is 2. The van der Waals surface area contributed by atoms with Crippen molar-refractivity contribution in [2.24, 2.45) is 11.8 Å². The minimum absolute atomic E-state index is 0.101. The molecule has 4 aromatic rings. The van der Waals surface area contributed by atoms with E-state index in [2.05, 4.69) is 30.6 Å². The number of aromatic nitrogens is 6. The second-order valence-corrected chi connectivity index (χ2v) is 11.2. The van der Waals surface area contributed by atoms with Gasteiger partial charge in [0.1, 0.15) is 5.69 Å². The molecule has 4 heterocycles. The van der Waals surface area contributed by atoms with Gasteiger partial charge in [-0.1, -0.05) is 17.7 Å². The van der Waals surface area contributed by atoms with E-state index in [0.29, 0.717) is 29.7 Å². The zero-order valence-corrected chi connectivity index (χ0v) is 24.2. The van der Waals surface area contributed by atoms with Gasteiger partial charge in [0.15, 0.2) is 11.6 Å². The number of aryl methyl sites for hydroxylation is 1. The van der Waals surface area contributed by atoms with Crippen LogP contribution in [0.5, 0.6) is 0 Å². The third kappa shape index (κ3) is 5.11. The maximum absolute atomic E-state index is 14.8. The Hall–Kier alpha value is -4.39. The van der Waals surface area contributed by atoms with Gasteiger partial charge in [-0.05, 0) is 56.7 Å². The van der Waals surface area contributed by atoms with Gasteiger partial charge in [-0.25, -0.2) is 18.2 Å². The van der Waals surface area contributed by atoms with Crippen LogP contribution < -0.4 is 10.2 Å². The van der Waals surface area contributed by atoms with Crippen LogP contribution in [0, 0.1) is 38.4 Å². The fraction of sp³-hybridized carbons (Fsp3) is 0.345. The largest absolute Gasteiger partial charge is 0.318 e. The van der Waals surface area contributed by atoms with Crippen LogP contribution in [-0.4, -0.2) is 48.3 Å². The van der Waals surface area contributed by atoms with Crippen molar-refractivity contribution in [2.75, 3.05) is 16.8 Å². The van der Waals surface area contributed by atoms with Gasteiger partial charge in [-0.15, -0.1) is 5.10 Å². The zero-order valence-electron chi connectivity index (χ0n) is 23.4. The van der Waals surface area contributed by atoms with Crippen molar-refractivity contribution in [3.8, 4) is 11.3 Å². The molecule has 1 saturated carbocycles. The molecule has 1 aromatic carbocycles. The number of nitrogens with one attached hydrogen (secondary N) is 1. The Balaban J connectivity index is 1.19. The van der Waals surface area contributed by atoms with Crippen LogP contribution in [0.1, 0.15) is 57.8 Å². The molecule has 14 heteroatoms.